The number of hydrogen-bond donors (Lipinski definition) is 1. The van der Waals surface area contributed by atoms with Crippen LogP contribution in [0.25, 0.3) is 0 Å². The standard InChI is InChI=1S/C21H36O2/c1-19-10-7-15(23-4)13-14(19)5-6-16-17(19)8-11-20(2)18(16)9-12-21(20,3)22/h14-18,22H,5-13H2,1-4H3/t14-,15+,16+,17-,18-,19-,20-,21+/m0/s1. The normalized spacial score (nSPS) is 59.1. The maximum atomic E-state index is 11.0. The molecule has 0 aromatic rings. The first kappa shape index (κ1) is 16.4. The third-order valence-corrected chi connectivity index (χ3v) is 9.51. The number of fused-ring (bicyclic) bond motifs is 5. The monoisotopic (exact) mass is 320 g/mol. The summed E-state index contributed by atoms with van der Waals surface area (Å²) in [6.07, 6.45) is 12.1. The fourth-order valence-corrected chi connectivity index (χ4v) is 7.68. The summed E-state index contributed by atoms with van der Waals surface area (Å²) in [5.41, 5.74) is 0.267. The minimum absolute atomic E-state index is 0.168. The van der Waals surface area contributed by atoms with Crippen molar-refractivity contribution in [2.45, 2.75) is 90.3 Å². The van der Waals surface area contributed by atoms with E-state index in [1.54, 1.807) is 0 Å². The van der Waals surface area contributed by atoms with E-state index in [0.29, 0.717) is 11.5 Å². The molecular formula is C21H36O2. The zero-order valence-electron chi connectivity index (χ0n) is 15.6. The molecule has 23 heavy (non-hydrogen) atoms. The minimum Gasteiger partial charge on any atom is -0.390 e. The Labute approximate surface area is 142 Å². The fraction of sp³-hybridized carbons (Fsp3) is 1.00. The smallest absolute Gasteiger partial charge is 0.0675 e. The molecule has 4 saturated carbocycles. The van der Waals surface area contributed by atoms with Crippen LogP contribution in [-0.2, 0) is 4.74 Å². The quantitative estimate of drug-likeness (QED) is 0.752. The van der Waals surface area contributed by atoms with Gasteiger partial charge in [-0.15, -0.1) is 0 Å². The lowest BCUT2D eigenvalue weighted by molar-refractivity contribution is -0.155. The van der Waals surface area contributed by atoms with E-state index in [9.17, 15) is 5.11 Å². The lowest BCUT2D eigenvalue weighted by Gasteiger charge is -2.61. The van der Waals surface area contributed by atoms with E-state index in [4.69, 9.17) is 4.74 Å². The summed E-state index contributed by atoms with van der Waals surface area (Å²) < 4.78 is 5.70. The van der Waals surface area contributed by atoms with Crippen LogP contribution >= 0.6 is 0 Å². The highest BCUT2D eigenvalue weighted by Crippen LogP contribution is 2.68. The van der Waals surface area contributed by atoms with Gasteiger partial charge in [0.1, 0.15) is 0 Å². The van der Waals surface area contributed by atoms with Crippen molar-refractivity contribution in [3.63, 3.8) is 0 Å². The molecule has 0 heterocycles. The van der Waals surface area contributed by atoms with Crippen molar-refractivity contribution >= 4 is 0 Å². The van der Waals surface area contributed by atoms with Gasteiger partial charge in [0, 0.05) is 7.11 Å². The van der Waals surface area contributed by atoms with Gasteiger partial charge in [-0.3, -0.25) is 0 Å². The first-order valence-electron chi connectivity index (χ1n) is 10.1. The van der Waals surface area contributed by atoms with Gasteiger partial charge in [0.2, 0.25) is 0 Å². The van der Waals surface area contributed by atoms with Gasteiger partial charge in [-0.2, -0.15) is 0 Å². The SMILES string of the molecule is CO[C@@H]1CC[C@@]2(C)[C@@H](CC[C@@H]3[C@@H]2CC[C@@]2(C)[C@H]3CC[C@@]2(C)O)C1. The Bertz CT molecular complexity index is 472. The second-order valence-corrected chi connectivity index (χ2v) is 10.1. The fourth-order valence-electron chi connectivity index (χ4n) is 7.68. The Hall–Kier alpha value is -0.0800. The largest absolute Gasteiger partial charge is 0.390 e. The molecule has 0 amide bonds. The van der Waals surface area contributed by atoms with Crippen molar-refractivity contribution in [1.29, 1.82) is 0 Å². The van der Waals surface area contributed by atoms with Crippen molar-refractivity contribution in [2.75, 3.05) is 7.11 Å². The molecule has 4 fully saturated rings. The van der Waals surface area contributed by atoms with Crippen molar-refractivity contribution in [3.05, 3.63) is 0 Å². The molecule has 0 unspecified atom stereocenters. The summed E-state index contributed by atoms with van der Waals surface area (Å²) in [4.78, 5) is 0. The average Bonchev–Trinajstić information content (AvgIpc) is 2.77. The van der Waals surface area contributed by atoms with Crippen LogP contribution in [-0.4, -0.2) is 23.9 Å². The second-order valence-electron chi connectivity index (χ2n) is 10.1. The van der Waals surface area contributed by atoms with E-state index in [0.717, 1.165) is 30.1 Å². The van der Waals surface area contributed by atoms with E-state index < -0.39 is 5.60 Å². The maximum Gasteiger partial charge on any atom is 0.0675 e. The summed E-state index contributed by atoms with van der Waals surface area (Å²) >= 11 is 0. The highest BCUT2D eigenvalue weighted by atomic mass is 16.5. The summed E-state index contributed by atoms with van der Waals surface area (Å²) in [7, 11) is 1.89. The minimum atomic E-state index is -0.436. The molecule has 0 aromatic heterocycles. The summed E-state index contributed by atoms with van der Waals surface area (Å²) in [6, 6.07) is 0. The molecule has 0 bridgehead atoms. The molecule has 2 heteroatoms. The zero-order valence-corrected chi connectivity index (χ0v) is 15.6. The van der Waals surface area contributed by atoms with Gasteiger partial charge in [0.15, 0.2) is 0 Å². The van der Waals surface area contributed by atoms with Gasteiger partial charge in [0.25, 0.3) is 0 Å². The molecule has 132 valence electrons. The Morgan fingerprint density at radius 3 is 2.35 bits per heavy atom. The number of methoxy groups -OCH3 is 1. The lowest BCUT2D eigenvalue weighted by atomic mass is 9.44. The average molecular weight is 321 g/mol. The maximum absolute atomic E-state index is 11.0. The van der Waals surface area contributed by atoms with Crippen molar-refractivity contribution in [1.82, 2.24) is 0 Å². The second kappa shape index (κ2) is 5.21. The van der Waals surface area contributed by atoms with Gasteiger partial charge in [-0.25, -0.2) is 0 Å². The summed E-state index contributed by atoms with van der Waals surface area (Å²) in [5.74, 6) is 3.39. The van der Waals surface area contributed by atoms with Crippen LogP contribution in [0.15, 0.2) is 0 Å². The Morgan fingerprint density at radius 1 is 0.870 bits per heavy atom. The van der Waals surface area contributed by atoms with Gasteiger partial charge in [-0.1, -0.05) is 13.8 Å². The number of rotatable bonds is 1. The van der Waals surface area contributed by atoms with Gasteiger partial charge in [0.05, 0.1) is 11.7 Å². The lowest BCUT2D eigenvalue weighted by Crippen LogP contribution is -2.56. The van der Waals surface area contributed by atoms with Crippen LogP contribution in [0.2, 0.25) is 0 Å². The Morgan fingerprint density at radius 2 is 1.61 bits per heavy atom. The molecule has 0 aliphatic heterocycles. The van der Waals surface area contributed by atoms with Crippen LogP contribution < -0.4 is 0 Å². The number of hydrogen-bond acceptors (Lipinski definition) is 2. The van der Waals surface area contributed by atoms with Crippen molar-refractivity contribution < 1.29 is 9.84 Å². The zero-order chi connectivity index (χ0) is 16.5. The van der Waals surface area contributed by atoms with Crippen LogP contribution in [0, 0.1) is 34.5 Å². The summed E-state index contributed by atoms with van der Waals surface area (Å²) in [5, 5.41) is 11.0. The number of aliphatic hydroxyl groups is 1. The van der Waals surface area contributed by atoms with E-state index in [1.807, 2.05) is 7.11 Å². The first-order chi connectivity index (χ1) is 10.8. The third-order valence-electron chi connectivity index (χ3n) is 9.51. The predicted octanol–water partition coefficient (Wildman–Crippen LogP) is 4.80. The predicted molar refractivity (Wildman–Crippen MR) is 93.1 cm³/mol. The molecule has 0 saturated heterocycles. The molecule has 8 atom stereocenters. The van der Waals surface area contributed by atoms with Crippen LogP contribution in [0.3, 0.4) is 0 Å². The van der Waals surface area contributed by atoms with Crippen LogP contribution in [0.5, 0.6) is 0 Å². The topological polar surface area (TPSA) is 29.5 Å². The highest BCUT2D eigenvalue weighted by Gasteiger charge is 2.63. The molecule has 2 nitrogen and oxygen atoms in total. The van der Waals surface area contributed by atoms with Gasteiger partial charge >= 0.3 is 0 Å². The van der Waals surface area contributed by atoms with Gasteiger partial charge in [-0.05, 0) is 99.2 Å². The Balaban J connectivity index is 1.60. The Kier molecular flexibility index (Phi) is 3.71. The van der Waals surface area contributed by atoms with E-state index >= 15 is 0 Å². The summed E-state index contributed by atoms with van der Waals surface area (Å²) in [6.45, 7) is 7.12. The molecule has 1 N–H and O–H groups in total. The van der Waals surface area contributed by atoms with Crippen LogP contribution in [0.1, 0.15) is 78.6 Å². The van der Waals surface area contributed by atoms with E-state index in [-0.39, 0.29) is 5.41 Å². The molecule has 4 aliphatic carbocycles. The molecule has 4 rings (SSSR count). The first-order valence-corrected chi connectivity index (χ1v) is 10.1. The molecule has 4 aliphatic rings. The van der Waals surface area contributed by atoms with Crippen molar-refractivity contribution in [2.24, 2.45) is 34.5 Å². The van der Waals surface area contributed by atoms with Gasteiger partial charge < -0.3 is 9.84 Å². The van der Waals surface area contributed by atoms with E-state index in [2.05, 4.69) is 20.8 Å². The molecular weight excluding hydrogens is 284 g/mol. The number of ether oxygens (including phenoxy) is 1. The highest BCUT2D eigenvalue weighted by molar-refractivity contribution is 5.12. The van der Waals surface area contributed by atoms with Crippen LogP contribution in [0.4, 0.5) is 0 Å². The molecule has 0 spiro atoms. The van der Waals surface area contributed by atoms with Crippen molar-refractivity contribution in [3.8, 4) is 0 Å². The molecule has 0 aromatic carbocycles. The molecule has 0 radical (unpaired) electrons. The van der Waals surface area contributed by atoms with E-state index in [1.165, 1.54) is 51.4 Å². The third kappa shape index (κ3) is 2.13.